The zero-order valence-electron chi connectivity index (χ0n) is 12.2. The van der Waals surface area contributed by atoms with Crippen LogP contribution in [-0.2, 0) is 22.6 Å². The van der Waals surface area contributed by atoms with Gasteiger partial charge in [-0.05, 0) is 34.5 Å². The lowest BCUT2D eigenvalue weighted by Crippen LogP contribution is -2.26. The van der Waals surface area contributed by atoms with E-state index in [0.29, 0.717) is 13.2 Å². The molecule has 0 atom stereocenters. The van der Waals surface area contributed by atoms with Crippen molar-refractivity contribution in [1.82, 2.24) is 4.90 Å². The fourth-order valence-corrected chi connectivity index (χ4v) is 2.63. The van der Waals surface area contributed by atoms with E-state index in [1.807, 2.05) is 0 Å². The van der Waals surface area contributed by atoms with Crippen molar-refractivity contribution in [3.63, 3.8) is 0 Å². The van der Waals surface area contributed by atoms with E-state index in [-0.39, 0.29) is 5.76 Å². The van der Waals surface area contributed by atoms with Crippen LogP contribution in [0.2, 0.25) is 0 Å². The molecular weight excluding hydrogens is 290 g/mol. The van der Waals surface area contributed by atoms with E-state index >= 15 is 0 Å². The van der Waals surface area contributed by atoms with Gasteiger partial charge in [0.2, 0.25) is 5.76 Å². The molecule has 0 saturated heterocycles. The Kier molecular flexibility index (Phi) is 5.98. The quantitative estimate of drug-likeness (QED) is 0.702. The summed E-state index contributed by atoms with van der Waals surface area (Å²) < 4.78 is 15.3. The van der Waals surface area contributed by atoms with Gasteiger partial charge in [0.1, 0.15) is 5.76 Å². The summed E-state index contributed by atoms with van der Waals surface area (Å²) in [5, 5.41) is 4.19. The molecule has 0 bridgehead atoms. The molecule has 0 aromatic carbocycles. The number of hydrogen-bond donors (Lipinski definition) is 0. The highest BCUT2D eigenvalue weighted by molar-refractivity contribution is 7.07. The van der Waals surface area contributed by atoms with Crippen molar-refractivity contribution < 1.29 is 18.7 Å². The van der Waals surface area contributed by atoms with Crippen LogP contribution in [0.3, 0.4) is 0 Å². The van der Waals surface area contributed by atoms with Gasteiger partial charge in [-0.1, -0.05) is 0 Å². The molecule has 6 heteroatoms. The van der Waals surface area contributed by atoms with Crippen molar-refractivity contribution in [2.45, 2.75) is 13.1 Å². The predicted molar refractivity (Wildman–Crippen MR) is 80.4 cm³/mol. The van der Waals surface area contributed by atoms with Crippen molar-refractivity contribution in [2.24, 2.45) is 0 Å². The van der Waals surface area contributed by atoms with Crippen LogP contribution in [-0.4, -0.2) is 38.2 Å². The van der Waals surface area contributed by atoms with Gasteiger partial charge in [-0.25, -0.2) is 4.79 Å². The average molecular weight is 309 g/mol. The van der Waals surface area contributed by atoms with Crippen LogP contribution in [0, 0.1) is 0 Å². The molecule has 2 aromatic heterocycles. The van der Waals surface area contributed by atoms with Gasteiger partial charge in [-0.2, -0.15) is 11.3 Å². The summed E-state index contributed by atoms with van der Waals surface area (Å²) in [6.07, 6.45) is 0. The molecule has 0 aliphatic rings. The second-order valence-electron chi connectivity index (χ2n) is 4.59. The number of carbonyl (C=O) groups is 1. The summed E-state index contributed by atoms with van der Waals surface area (Å²) >= 11 is 1.68. The number of ether oxygens (including phenoxy) is 2. The first kappa shape index (κ1) is 15.8. The first-order valence-corrected chi connectivity index (χ1v) is 7.56. The molecule has 2 rings (SSSR count). The second-order valence-corrected chi connectivity index (χ2v) is 5.37. The van der Waals surface area contributed by atoms with Crippen LogP contribution in [0.15, 0.2) is 33.4 Å². The standard InChI is InChI=1S/C15H19NO4S/c1-18-7-6-16(9-12-5-8-21-11-12)10-13-3-4-14(20-13)15(17)19-2/h3-5,8,11H,6-7,9-10H2,1-2H3. The summed E-state index contributed by atoms with van der Waals surface area (Å²) in [6, 6.07) is 5.55. The van der Waals surface area contributed by atoms with Crippen LogP contribution >= 0.6 is 11.3 Å². The topological polar surface area (TPSA) is 51.9 Å². The maximum atomic E-state index is 11.4. The van der Waals surface area contributed by atoms with Crippen LogP contribution in [0.5, 0.6) is 0 Å². The third-order valence-electron chi connectivity index (χ3n) is 3.03. The van der Waals surface area contributed by atoms with Gasteiger partial charge in [0, 0.05) is 20.2 Å². The van der Waals surface area contributed by atoms with Crippen LogP contribution in [0.4, 0.5) is 0 Å². The minimum atomic E-state index is -0.456. The first-order chi connectivity index (χ1) is 10.2. The zero-order valence-corrected chi connectivity index (χ0v) is 13.0. The molecule has 114 valence electrons. The maximum absolute atomic E-state index is 11.4. The van der Waals surface area contributed by atoms with E-state index in [1.165, 1.54) is 12.7 Å². The van der Waals surface area contributed by atoms with E-state index in [4.69, 9.17) is 9.15 Å². The van der Waals surface area contributed by atoms with E-state index in [1.54, 1.807) is 30.6 Å². The molecule has 0 amide bonds. The van der Waals surface area contributed by atoms with Crippen molar-refractivity contribution in [3.05, 3.63) is 46.0 Å². The van der Waals surface area contributed by atoms with Crippen molar-refractivity contribution in [2.75, 3.05) is 27.4 Å². The molecule has 0 aliphatic carbocycles. The number of nitrogens with zero attached hydrogens (tertiary/aromatic N) is 1. The van der Waals surface area contributed by atoms with Gasteiger partial charge < -0.3 is 13.9 Å². The molecule has 0 aliphatic heterocycles. The van der Waals surface area contributed by atoms with E-state index in [0.717, 1.165) is 18.8 Å². The molecule has 0 radical (unpaired) electrons. The molecule has 0 saturated carbocycles. The van der Waals surface area contributed by atoms with Crippen molar-refractivity contribution in [3.8, 4) is 0 Å². The number of furan rings is 1. The zero-order chi connectivity index (χ0) is 15.1. The largest absolute Gasteiger partial charge is 0.463 e. The molecule has 2 heterocycles. The van der Waals surface area contributed by atoms with Gasteiger partial charge in [0.15, 0.2) is 0 Å². The lowest BCUT2D eigenvalue weighted by Gasteiger charge is -2.20. The summed E-state index contributed by atoms with van der Waals surface area (Å²) in [5.74, 6) is 0.513. The Balaban J connectivity index is 2.00. The average Bonchev–Trinajstić information content (AvgIpc) is 3.15. The lowest BCUT2D eigenvalue weighted by atomic mass is 10.3. The van der Waals surface area contributed by atoms with Crippen LogP contribution < -0.4 is 0 Å². The smallest absolute Gasteiger partial charge is 0.373 e. The van der Waals surface area contributed by atoms with Crippen molar-refractivity contribution >= 4 is 17.3 Å². The Labute approximate surface area is 128 Å². The van der Waals surface area contributed by atoms with Crippen LogP contribution in [0.25, 0.3) is 0 Å². The third-order valence-corrected chi connectivity index (χ3v) is 3.76. The Morgan fingerprint density at radius 3 is 2.81 bits per heavy atom. The fourth-order valence-electron chi connectivity index (χ4n) is 1.97. The highest BCUT2D eigenvalue weighted by Gasteiger charge is 2.14. The predicted octanol–water partition coefficient (Wildman–Crippen LogP) is 2.78. The lowest BCUT2D eigenvalue weighted by molar-refractivity contribution is 0.0560. The maximum Gasteiger partial charge on any atom is 0.373 e. The number of rotatable bonds is 8. The minimum absolute atomic E-state index is 0.231. The van der Waals surface area contributed by atoms with Crippen molar-refractivity contribution in [1.29, 1.82) is 0 Å². The molecule has 2 aromatic rings. The molecule has 0 unspecified atom stereocenters. The van der Waals surface area contributed by atoms with Gasteiger partial charge in [-0.3, -0.25) is 4.90 Å². The number of methoxy groups -OCH3 is 2. The second kappa shape index (κ2) is 7.97. The van der Waals surface area contributed by atoms with E-state index in [9.17, 15) is 4.79 Å². The van der Waals surface area contributed by atoms with Crippen LogP contribution in [0.1, 0.15) is 21.9 Å². The SMILES string of the molecule is COCCN(Cc1ccsc1)Cc1ccc(C(=O)OC)o1. The highest BCUT2D eigenvalue weighted by Crippen LogP contribution is 2.15. The molecular formula is C15H19NO4S. The molecule has 0 fully saturated rings. The molecule has 0 N–H and O–H groups in total. The normalized spacial score (nSPS) is 11.0. The Bertz CT molecular complexity index is 550. The fraction of sp³-hybridized carbons (Fsp3) is 0.400. The summed E-state index contributed by atoms with van der Waals surface area (Å²) in [7, 11) is 3.02. The first-order valence-electron chi connectivity index (χ1n) is 6.62. The van der Waals surface area contributed by atoms with Gasteiger partial charge in [0.05, 0.1) is 20.3 Å². The Morgan fingerprint density at radius 1 is 1.29 bits per heavy atom. The monoisotopic (exact) mass is 309 g/mol. The minimum Gasteiger partial charge on any atom is -0.463 e. The highest BCUT2D eigenvalue weighted by atomic mass is 32.1. The molecule has 5 nitrogen and oxygen atoms in total. The van der Waals surface area contributed by atoms with Gasteiger partial charge in [-0.15, -0.1) is 0 Å². The number of carbonyl (C=O) groups excluding carboxylic acids is 1. The van der Waals surface area contributed by atoms with E-state index < -0.39 is 5.97 Å². The number of hydrogen-bond acceptors (Lipinski definition) is 6. The summed E-state index contributed by atoms with van der Waals surface area (Å²) in [6.45, 7) is 2.88. The molecule has 21 heavy (non-hydrogen) atoms. The number of thiophene rings is 1. The molecule has 0 spiro atoms. The van der Waals surface area contributed by atoms with E-state index in [2.05, 4.69) is 26.5 Å². The number of esters is 1. The Hall–Kier alpha value is -1.63. The Morgan fingerprint density at radius 2 is 2.14 bits per heavy atom. The van der Waals surface area contributed by atoms with Gasteiger partial charge in [0.25, 0.3) is 0 Å². The third kappa shape index (κ3) is 4.70. The summed E-state index contributed by atoms with van der Waals surface area (Å²) in [4.78, 5) is 13.6. The summed E-state index contributed by atoms with van der Waals surface area (Å²) in [5.41, 5.74) is 1.26. The van der Waals surface area contributed by atoms with Gasteiger partial charge >= 0.3 is 5.97 Å².